The van der Waals surface area contributed by atoms with Crippen LogP contribution >= 0.6 is 22.9 Å². The molecule has 2 aromatic heterocycles. The molecular weight excluding hydrogens is 260 g/mol. The third-order valence-electron chi connectivity index (χ3n) is 2.34. The number of ether oxygens (including phenoxy) is 1. The monoisotopic (exact) mass is 270 g/mol. The molecule has 17 heavy (non-hydrogen) atoms. The second-order valence-corrected chi connectivity index (χ2v) is 5.03. The van der Waals surface area contributed by atoms with Gasteiger partial charge in [-0.1, -0.05) is 11.6 Å². The van der Waals surface area contributed by atoms with Crippen LogP contribution in [-0.2, 0) is 6.54 Å². The minimum atomic E-state index is -0.113. The van der Waals surface area contributed by atoms with Crippen LogP contribution in [0.15, 0.2) is 18.3 Å². The number of methoxy groups -OCH3 is 1. The molecule has 90 valence electrons. The van der Waals surface area contributed by atoms with Crippen LogP contribution in [0, 0.1) is 0 Å². The molecule has 0 aliphatic heterocycles. The van der Waals surface area contributed by atoms with Gasteiger partial charge in [-0.15, -0.1) is 11.3 Å². The summed E-state index contributed by atoms with van der Waals surface area (Å²) >= 11 is 7.08. The predicted molar refractivity (Wildman–Crippen MR) is 67.2 cm³/mol. The minimum Gasteiger partial charge on any atom is -0.493 e. The van der Waals surface area contributed by atoms with Crippen molar-refractivity contribution in [1.82, 2.24) is 9.78 Å². The molecule has 6 heteroatoms. The van der Waals surface area contributed by atoms with Gasteiger partial charge >= 0.3 is 0 Å². The van der Waals surface area contributed by atoms with E-state index >= 15 is 0 Å². The Kier molecular flexibility index (Phi) is 3.49. The number of thiophene rings is 1. The number of carbonyl (C=O) groups excluding carboxylic acids is 1. The topological polar surface area (TPSA) is 44.1 Å². The fraction of sp³-hybridized carbons (Fsp3) is 0.273. The first-order valence-electron chi connectivity index (χ1n) is 5.07. The lowest BCUT2D eigenvalue weighted by atomic mass is 10.2. The van der Waals surface area contributed by atoms with Crippen molar-refractivity contribution in [2.75, 3.05) is 7.11 Å². The van der Waals surface area contributed by atoms with Crippen molar-refractivity contribution in [2.24, 2.45) is 0 Å². The van der Waals surface area contributed by atoms with E-state index in [0.717, 1.165) is 0 Å². The molecule has 2 heterocycles. The fourth-order valence-electron chi connectivity index (χ4n) is 1.54. The summed E-state index contributed by atoms with van der Waals surface area (Å²) in [6.07, 6.45) is 1.55. The lowest BCUT2D eigenvalue weighted by Gasteiger charge is -2.04. The Morgan fingerprint density at radius 3 is 2.88 bits per heavy atom. The van der Waals surface area contributed by atoms with Crippen LogP contribution in [-0.4, -0.2) is 22.7 Å². The largest absolute Gasteiger partial charge is 0.493 e. The summed E-state index contributed by atoms with van der Waals surface area (Å²) in [6.45, 7) is 2.54. The summed E-state index contributed by atoms with van der Waals surface area (Å²) < 4.78 is 7.36. The summed E-state index contributed by atoms with van der Waals surface area (Å²) in [5.41, 5.74) is 0.466. The highest BCUT2D eigenvalue weighted by molar-refractivity contribution is 7.18. The van der Waals surface area contributed by atoms with Crippen molar-refractivity contribution >= 4 is 28.7 Å². The standard InChI is InChI=1S/C11H11ClN2O2S/c1-3-14-10(7(16-2)6-13-14)11(15)8-4-5-9(12)17-8/h4-6H,3H2,1-2H3. The van der Waals surface area contributed by atoms with E-state index in [9.17, 15) is 4.79 Å². The Hall–Kier alpha value is -1.33. The first-order valence-corrected chi connectivity index (χ1v) is 6.26. The highest BCUT2D eigenvalue weighted by Crippen LogP contribution is 2.27. The number of ketones is 1. The average Bonchev–Trinajstić information content (AvgIpc) is 2.93. The van der Waals surface area contributed by atoms with Gasteiger partial charge in [0.1, 0.15) is 0 Å². The number of aromatic nitrogens is 2. The zero-order chi connectivity index (χ0) is 12.4. The molecule has 0 aliphatic carbocycles. The lowest BCUT2D eigenvalue weighted by molar-refractivity contribution is 0.103. The molecule has 0 atom stereocenters. The molecular formula is C11H11ClN2O2S. The Labute approximate surface area is 108 Å². The van der Waals surface area contributed by atoms with Crippen LogP contribution in [0.5, 0.6) is 5.75 Å². The van der Waals surface area contributed by atoms with Gasteiger partial charge in [0.2, 0.25) is 5.78 Å². The van der Waals surface area contributed by atoms with E-state index in [1.807, 2.05) is 6.92 Å². The Balaban J connectivity index is 2.45. The number of rotatable bonds is 4. The van der Waals surface area contributed by atoms with Gasteiger partial charge < -0.3 is 4.74 Å². The molecule has 0 aromatic carbocycles. The van der Waals surface area contributed by atoms with Crippen molar-refractivity contribution in [3.05, 3.63) is 33.2 Å². The third-order valence-corrected chi connectivity index (χ3v) is 3.57. The van der Waals surface area contributed by atoms with Gasteiger partial charge in [-0.2, -0.15) is 5.10 Å². The summed E-state index contributed by atoms with van der Waals surface area (Å²) in [6, 6.07) is 3.42. The van der Waals surface area contributed by atoms with Gasteiger partial charge in [0.25, 0.3) is 0 Å². The van der Waals surface area contributed by atoms with Gasteiger partial charge in [0.05, 0.1) is 22.5 Å². The molecule has 0 fully saturated rings. The van der Waals surface area contributed by atoms with Gasteiger partial charge in [-0.3, -0.25) is 9.48 Å². The molecule has 0 radical (unpaired) electrons. The van der Waals surface area contributed by atoms with Gasteiger partial charge in [-0.05, 0) is 19.1 Å². The highest BCUT2D eigenvalue weighted by Gasteiger charge is 2.21. The van der Waals surface area contributed by atoms with Gasteiger partial charge in [-0.25, -0.2) is 0 Å². The van der Waals surface area contributed by atoms with E-state index in [1.54, 1.807) is 23.0 Å². The molecule has 2 aromatic rings. The number of carbonyl (C=O) groups is 1. The summed E-state index contributed by atoms with van der Waals surface area (Å²) in [5, 5.41) is 4.10. The van der Waals surface area contributed by atoms with Crippen molar-refractivity contribution in [2.45, 2.75) is 13.5 Å². The molecule has 0 bridgehead atoms. The third kappa shape index (κ3) is 2.21. The smallest absolute Gasteiger partial charge is 0.224 e. The second-order valence-electron chi connectivity index (χ2n) is 3.31. The number of hydrogen-bond donors (Lipinski definition) is 0. The molecule has 0 saturated heterocycles. The molecule has 0 spiro atoms. The maximum absolute atomic E-state index is 12.3. The summed E-state index contributed by atoms with van der Waals surface area (Å²) in [7, 11) is 1.52. The van der Waals surface area contributed by atoms with Crippen molar-refractivity contribution in [3.63, 3.8) is 0 Å². The van der Waals surface area contributed by atoms with Crippen LogP contribution in [0.4, 0.5) is 0 Å². The molecule has 0 saturated carbocycles. The fourth-order valence-corrected chi connectivity index (χ4v) is 2.52. The van der Waals surface area contributed by atoms with E-state index in [4.69, 9.17) is 16.3 Å². The van der Waals surface area contributed by atoms with Crippen LogP contribution < -0.4 is 4.74 Å². The van der Waals surface area contributed by atoms with E-state index in [2.05, 4.69) is 5.10 Å². The van der Waals surface area contributed by atoms with Crippen molar-refractivity contribution in [1.29, 1.82) is 0 Å². The Morgan fingerprint density at radius 1 is 1.59 bits per heavy atom. The normalized spacial score (nSPS) is 10.5. The predicted octanol–water partition coefficient (Wildman–Crippen LogP) is 2.86. The lowest BCUT2D eigenvalue weighted by Crippen LogP contribution is -2.10. The van der Waals surface area contributed by atoms with Gasteiger partial charge in [0.15, 0.2) is 11.4 Å². The Morgan fingerprint density at radius 2 is 2.35 bits per heavy atom. The number of halogens is 1. The molecule has 0 N–H and O–H groups in total. The molecule has 2 rings (SSSR count). The molecule has 4 nitrogen and oxygen atoms in total. The average molecular weight is 271 g/mol. The number of hydrogen-bond acceptors (Lipinski definition) is 4. The van der Waals surface area contributed by atoms with Crippen molar-refractivity contribution < 1.29 is 9.53 Å². The van der Waals surface area contributed by atoms with E-state index in [1.165, 1.54) is 18.4 Å². The zero-order valence-corrected chi connectivity index (χ0v) is 11.0. The summed E-state index contributed by atoms with van der Waals surface area (Å²) in [4.78, 5) is 12.9. The molecule has 0 aliphatic rings. The Bertz CT molecular complexity index is 526. The summed E-state index contributed by atoms with van der Waals surface area (Å²) in [5.74, 6) is 0.375. The quantitative estimate of drug-likeness (QED) is 0.803. The first kappa shape index (κ1) is 12.1. The second kappa shape index (κ2) is 4.89. The SMILES string of the molecule is CCn1ncc(OC)c1C(=O)c1ccc(Cl)s1. The minimum absolute atomic E-state index is 0.113. The molecule has 0 amide bonds. The highest BCUT2D eigenvalue weighted by atomic mass is 35.5. The molecule has 0 unspecified atom stereocenters. The van der Waals surface area contributed by atoms with E-state index in [-0.39, 0.29) is 5.78 Å². The van der Waals surface area contributed by atoms with Crippen molar-refractivity contribution in [3.8, 4) is 5.75 Å². The maximum Gasteiger partial charge on any atom is 0.224 e. The van der Waals surface area contributed by atoms with Crippen LogP contribution in [0.3, 0.4) is 0 Å². The van der Waals surface area contributed by atoms with E-state index < -0.39 is 0 Å². The van der Waals surface area contributed by atoms with E-state index in [0.29, 0.717) is 27.2 Å². The van der Waals surface area contributed by atoms with Gasteiger partial charge in [0, 0.05) is 6.54 Å². The number of aryl methyl sites for hydroxylation is 1. The maximum atomic E-state index is 12.3. The number of nitrogens with zero attached hydrogens (tertiary/aromatic N) is 2. The first-order chi connectivity index (χ1) is 8.17. The van der Waals surface area contributed by atoms with Crippen LogP contribution in [0.25, 0.3) is 0 Å². The zero-order valence-electron chi connectivity index (χ0n) is 9.44. The van der Waals surface area contributed by atoms with Crippen LogP contribution in [0.1, 0.15) is 22.3 Å². The van der Waals surface area contributed by atoms with Crippen LogP contribution in [0.2, 0.25) is 4.34 Å².